The minimum Gasteiger partial charge on any atom is -0.370 e. The van der Waals surface area contributed by atoms with Crippen LogP contribution < -0.4 is 11.1 Å². The summed E-state index contributed by atoms with van der Waals surface area (Å²) in [5.74, 6) is 0.618. The lowest BCUT2D eigenvalue weighted by Crippen LogP contribution is -2.40. The molecule has 0 radical (unpaired) electrons. The molecule has 2 saturated heterocycles. The Kier molecular flexibility index (Phi) is 10.4. The van der Waals surface area contributed by atoms with Gasteiger partial charge in [-0.2, -0.15) is 0 Å². The van der Waals surface area contributed by atoms with Gasteiger partial charge in [-0.15, -0.1) is 24.0 Å². The van der Waals surface area contributed by atoms with Gasteiger partial charge >= 0.3 is 0 Å². The highest BCUT2D eigenvalue weighted by molar-refractivity contribution is 14.0. The Hall–Kier alpha value is -0.0800. The van der Waals surface area contributed by atoms with Gasteiger partial charge in [-0.1, -0.05) is 19.8 Å². The third kappa shape index (κ3) is 7.00. The number of rotatable bonds is 6. The number of hydrogen-bond acceptors (Lipinski definition) is 3. The molecule has 0 aromatic carbocycles. The number of guanidine groups is 1. The van der Waals surface area contributed by atoms with E-state index in [-0.39, 0.29) is 24.0 Å². The van der Waals surface area contributed by atoms with E-state index >= 15 is 0 Å². The number of likely N-dealkylation sites (N-methyl/N-ethyl adjacent to an activating group) is 1. The molecule has 0 aliphatic carbocycles. The second kappa shape index (κ2) is 11.5. The molecule has 1 atom stereocenters. The standard InChI is InChI=1S/C16H33N5.HI/c1-2-21-12-7-8-15(21)14-19-16(17)18-9-13-20-10-5-3-4-6-11-20;/h15H,2-14H2,1H3,(H3,17,18,19);1H. The fraction of sp³-hybridized carbons (Fsp3) is 0.938. The molecule has 0 aromatic heterocycles. The first kappa shape index (κ1) is 20.0. The highest BCUT2D eigenvalue weighted by Crippen LogP contribution is 2.16. The molecule has 130 valence electrons. The van der Waals surface area contributed by atoms with Crippen molar-refractivity contribution < 1.29 is 0 Å². The summed E-state index contributed by atoms with van der Waals surface area (Å²) in [5.41, 5.74) is 5.99. The van der Waals surface area contributed by atoms with Gasteiger partial charge in [-0.25, -0.2) is 0 Å². The van der Waals surface area contributed by atoms with Crippen LogP contribution in [-0.4, -0.2) is 67.6 Å². The van der Waals surface area contributed by atoms with Gasteiger partial charge in [0.05, 0.1) is 6.54 Å². The largest absolute Gasteiger partial charge is 0.370 e. The summed E-state index contributed by atoms with van der Waals surface area (Å²) < 4.78 is 0. The van der Waals surface area contributed by atoms with Crippen LogP contribution >= 0.6 is 24.0 Å². The summed E-state index contributed by atoms with van der Waals surface area (Å²) in [5, 5.41) is 3.27. The average molecular weight is 423 g/mol. The van der Waals surface area contributed by atoms with E-state index in [9.17, 15) is 0 Å². The van der Waals surface area contributed by atoms with E-state index in [0.29, 0.717) is 12.0 Å². The lowest BCUT2D eigenvalue weighted by Gasteiger charge is -2.21. The lowest BCUT2D eigenvalue weighted by atomic mass is 10.2. The first-order valence-corrected chi connectivity index (χ1v) is 8.80. The zero-order valence-electron chi connectivity index (χ0n) is 14.1. The average Bonchev–Trinajstić information content (AvgIpc) is 2.80. The smallest absolute Gasteiger partial charge is 0.188 e. The summed E-state index contributed by atoms with van der Waals surface area (Å²) in [6.07, 6.45) is 8.04. The number of nitrogens with one attached hydrogen (secondary N) is 1. The maximum Gasteiger partial charge on any atom is 0.188 e. The zero-order valence-corrected chi connectivity index (χ0v) is 16.4. The predicted molar refractivity (Wildman–Crippen MR) is 105 cm³/mol. The van der Waals surface area contributed by atoms with Crippen molar-refractivity contribution in [2.24, 2.45) is 10.7 Å². The first-order chi connectivity index (χ1) is 10.3. The molecule has 3 N–H and O–H groups in total. The van der Waals surface area contributed by atoms with Gasteiger partial charge in [0.2, 0.25) is 0 Å². The molecular weight excluding hydrogens is 389 g/mol. The van der Waals surface area contributed by atoms with Crippen molar-refractivity contribution in [3.63, 3.8) is 0 Å². The molecule has 0 spiro atoms. The molecule has 2 fully saturated rings. The normalized spacial score (nSPS) is 24.8. The Balaban J connectivity index is 0.00000242. The van der Waals surface area contributed by atoms with E-state index in [4.69, 9.17) is 5.73 Å². The topological polar surface area (TPSA) is 56.9 Å². The van der Waals surface area contributed by atoms with Crippen molar-refractivity contribution in [2.45, 2.75) is 51.5 Å². The molecule has 2 aliphatic rings. The van der Waals surface area contributed by atoms with E-state index < -0.39 is 0 Å². The van der Waals surface area contributed by atoms with E-state index in [1.807, 2.05) is 0 Å². The maximum absolute atomic E-state index is 5.99. The molecule has 0 aromatic rings. The highest BCUT2D eigenvalue weighted by Gasteiger charge is 2.22. The van der Waals surface area contributed by atoms with Crippen molar-refractivity contribution in [1.82, 2.24) is 15.1 Å². The van der Waals surface area contributed by atoms with Crippen LogP contribution in [0.5, 0.6) is 0 Å². The fourth-order valence-corrected chi connectivity index (χ4v) is 3.48. The number of aliphatic imine (C=N–C) groups is 1. The predicted octanol–water partition coefficient (Wildman–Crippen LogP) is 1.87. The molecule has 2 rings (SSSR count). The van der Waals surface area contributed by atoms with Crippen molar-refractivity contribution in [1.29, 1.82) is 0 Å². The van der Waals surface area contributed by atoms with Gasteiger partial charge in [-0.05, 0) is 51.9 Å². The Bertz CT molecular complexity index is 316. The summed E-state index contributed by atoms with van der Waals surface area (Å²) in [6, 6.07) is 0.598. The van der Waals surface area contributed by atoms with Crippen LogP contribution in [0.4, 0.5) is 0 Å². The first-order valence-electron chi connectivity index (χ1n) is 8.80. The lowest BCUT2D eigenvalue weighted by molar-refractivity contribution is 0.272. The molecule has 2 aliphatic heterocycles. The molecule has 6 heteroatoms. The number of likely N-dealkylation sites (tertiary alicyclic amines) is 2. The molecule has 0 amide bonds. The van der Waals surface area contributed by atoms with Crippen LogP contribution in [0.25, 0.3) is 0 Å². The van der Waals surface area contributed by atoms with Crippen LogP contribution in [0.15, 0.2) is 4.99 Å². The third-order valence-corrected chi connectivity index (χ3v) is 4.81. The highest BCUT2D eigenvalue weighted by atomic mass is 127. The molecule has 0 saturated carbocycles. The Morgan fingerprint density at radius 3 is 2.55 bits per heavy atom. The van der Waals surface area contributed by atoms with Crippen molar-refractivity contribution in [3.05, 3.63) is 0 Å². The molecule has 0 bridgehead atoms. The minimum atomic E-state index is 0. The number of nitrogens with zero attached hydrogens (tertiary/aromatic N) is 3. The molecule has 5 nitrogen and oxygen atoms in total. The Morgan fingerprint density at radius 1 is 1.14 bits per heavy atom. The van der Waals surface area contributed by atoms with Gasteiger partial charge < -0.3 is 16.0 Å². The third-order valence-electron chi connectivity index (χ3n) is 4.81. The van der Waals surface area contributed by atoms with Crippen LogP contribution in [0.1, 0.15) is 45.4 Å². The van der Waals surface area contributed by atoms with Crippen molar-refractivity contribution in [2.75, 3.05) is 45.8 Å². The van der Waals surface area contributed by atoms with Crippen molar-refractivity contribution in [3.8, 4) is 0 Å². The van der Waals surface area contributed by atoms with Crippen LogP contribution in [0, 0.1) is 0 Å². The second-order valence-electron chi connectivity index (χ2n) is 6.33. The zero-order chi connectivity index (χ0) is 14.9. The van der Waals surface area contributed by atoms with Gasteiger partial charge in [0, 0.05) is 19.1 Å². The molecular formula is C16H34IN5. The summed E-state index contributed by atoms with van der Waals surface area (Å²) in [7, 11) is 0. The van der Waals surface area contributed by atoms with E-state index in [1.54, 1.807) is 0 Å². The minimum absolute atomic E-state index is 0. The summed E-state index contributed by atoms with van der Waals surface area (Å²) >= 11 is 0. The fourth-order valence-electron chi connectivity index (χ4n) is 3.48. The molecule has 22 heavy (non-hydrogen) atoms. The molecule has 2 heterocycles. The summed E-state index contributed by atoms with van der Waals surface area (Å²) in [4.78, 5) is 9.58. The van der Waals surface area contributed by atoms with E-state index in [2.05, 4.69) is 27.0 Å². The maximum atomic E-state index is 5.99. The SMILES string of the molecule is CCN1CCCC1CN=C(N)NCCN1CCCCCC1.I. The Labute approximate surface area is 153 Å². The van der Waals surface area contributed by atoms with Gasteiger partial charge in [0.25, 0.3) is 0 Å². The number of hydrogen-bond donors (Lipinski definition) is 2. The second-order valence-corrected chi connectivity index (χ2v) is 6.33. The van der Waals surface area contributed by atoms with Crippen molar-refractivity contribution >= 4 is 29.9 Å². The van der Waals surface area contributed by atoms with Gasteiger partial charge in [0.1, 0.15) is 0 Å². The van der Waals surface area contributed by atoms with E-state index in [0.717, 1.165) is 26.2 Å². The Morgan fingerprint density at radius 2 is 1.86 bits per heavy atom. The van der Waals surface area contributed by atoms with Crippen LogP contribution in [0.3, 0.4) is 0 Å². The summed E-state index contributed by atoms with van der Waals surface area (Å²) in [6.45, 7) is 9.90. The number of halogens is 1. The van der Waals surface area contributed by atoms with Crippen LogP contribution in [-0.2, 0) is 0 Å². The van der Waals surface area contributed by atoms with E-state index in [1.165, 1.54) is 58.2 Å². The molecule has 1 unspecified atom stereocenters. The van der Waals surface area contributed by atoms with Gasteiger partial charge in [-0.3, -0.25) is 9.89 Å². The van der Waals surface area contributed by atoms with Gasteiger partial charge in [0.15, 0.2) is 5.96 Å². The van der Waals surface area contributed by atoms with Crippen LogP contribution in [0.2, 0.25) is 0 Å². The number of nitrogens with two attached hydrogens (primary N) is 1. The quantitative estimate of drug-likeness (QED) is 0.389. The monoisotopic (exact) mass is 423 g/mol.